The molecule has 0 saturated heterocycles. The van der Waals surface area contributed by atoms with Gasteiger partial charge in [-0.15, -0.1) is 10.2 Å². The zero-order valence-electron chi connectivity index (χ0n) is 20.9. The van der Waals surface area contributed by atoms with Crippen molar-refractivity contribution in [1.29, 1.82) is 0 Å². The van der Waals surface area contributed by atoms with Gasteiger partial charge in [-0.25, -0.2) is 4.98 Å². The van der Waals surface area contributed by atoms with Crippen molar-refractivity contribution >= 4 is 46.0 Å². The molecule has 0 aliphatic rings. The van der Waals surface area contributed by atoms with E-state index in [0.29, 0.717) is 28.5 Å². The molecule has 0 unspecified atom stereocenters. The first-order chi connectivity index (χ1) is 17.9. The summed E-state index contributed by atoms with van der Waals surface area (Å²) in [4.78, 5) is 17.5. The van der Waals surface area contributed by atoms with Crippen LogP contribution in [0.3, 0.4) is 0 Å². The zero-order chi connectivity index (χ0) is 25.9. The number of hydrogen-bond acceptors (Lipinski definition) is 5. The molecule has 0 aliphatic carbocycles. The average Bonchev–Trinajstić information content (AvgIpc) is 3.48. The number of fused-ring (bicyclic) bond motifs is 1. The third-order valence-electron chi connectivity index (χ3n) is 6.16. The van der Waals surface area contributed by atoms with Gasteiger partial charge >= 0.3 is 0 Å². The van der Waals surface area contributed by atoms with Gasteiger partial charge in [-0.1, -0.05) is 79.7 Å². The Hall–Kier alpha value is -3.62. The summed E-state index contributed by atoms with van der Waals surface area (Å²) in [6, 6.07) is 21.6. The summed E-state index contributed by atoms with van der Waals surface area (Å²) in [6.07, 6.45) is 1.80. The highest BCUT2D eigenvalue weighted by Crippen LogP contribution is 2.30. The van der Waals surface area contributed by atoms with Crippen LogP contribution < -0.4 is 5.32 Å². The minimum absolute atomic E-state index is 0.0999. The van der Waals surface area contributed by atoms with Crippen molar-refractivity contribution in [3.63, 3.8) is 0 Å². The van der Waals surface area contributed by atoms with E-state index in [1.165, 1.54) is 11.8 Å². The SMILES string of the molecule is Cc1cccc(C(C)C)c1NC(=O)CSc1nnc(Cn2cnc3ccccc32)n1-c1ccccc1Cl. The van der Waals surface area contributed by atoms with Crippen molar-refractivity contribution in [3.05, 3.63) is 95.0 Å². The normalized spacial score (nSPS) is 11.4. The number of anilines is 1. The van der Waals surface area contributed by atoms with Gasteiger partial charge in [0.25, 0.3) is 0 Å². The van der Waals surface area contributed by atoms with E-state index in [1.54, 1.807) is 6.33 Å². The van der Waals surface area contributed by atoms with Gasteiger partial charge in [0.05, 0.1) is 40.4 Å². The Morgan fingerprint density at radius 3 is 2.62 bits per heavy atom. The third kappa shape index (κ3) is 5.26. The predicted octanol–water partition coefficient (Wildman–Crippen LogP) is 6.48. The highest BCUT2D eigenvalue weighted by atomic mass is 35.5. The maximum absolute atomic E-state index is 13.0. The molecule has 0 fully saturated rings. The molecule has 9 heteroatoms. The molecule has 5 aromatic rings. The second kappa shape index (κ2) is 10.8. The number of hydrogen-bond donors (Lipinski definition) is 1. The van der Waals surface area contributed by atoms with Crippen LogP contribution in [0.15, 0.2) is 78.2 Å². The van der Waals surface area contributed by atoms with Crippen molar-refractivity contribution in [2.24, 2.45) is 0 Å². The van der Waals surface area contributed by atoms with Gasteiger partial charge in [-0.2, -0.15) is 0 Å². The van der Waals surface area contributed by atoms with Crippen molar-refractivity contribution in [3.8, 4) is 5.69 Å². The Labute approximate surface area is 224 Å². The molecule has 2 heterocycles. The molecule has 5 rings (SSSR count). The Balaban J connectivity index is 1.42. The van der Waals surface area contributed by atoms with Crippen molar-refractivity contribution < 1.29 is 4.79 Å². The Bertz CT molecular complexity index is 1570. The molecule has 0 bridgehead atoms. The van der Waals surface area contributed by atoms with Gasteiger partial charge in [0.1, 0.15) is 0 Å². The summed E-state index contributed by atoms with van der Waals surface area (Å²) in [7, 11) is 0. The standard InChI is InChI=1S/C28H27ClN6OS/c1-18(2)20-10-8-9-19(3)27(20)31-26(36)16-37-28-33-32-25(35(28)23-13-6-4-11-21(23)29)15-34-17-30-22-12-5-7-14-24(22)34/h4-14,17-18H,15-16H2,1-3H3,(H,31,36). The van der Waals surface area contributed by atoms with Crippen LogP contribution in [-0.2, 0) is 11.3 Å². The summed E-state index contributed by atoms with van der Waals surface area (Å²) in [5.41, 5.74) is 5.71. The summed E-state index contributed by atoms with van der Waals surface area (Å²) >= 11 is 7.92. The molecule has 0 saturated carbocycles. The fraction of sp³-hybridized carbons (Fsp3) is 0.214. The number of nitrogens with one attached hydrogen (secondary N) is 1. The van der Waals surface area contributed by atoms with Gasteiger partial charge in [0.2, 0.25) is 5.91 Å². The van der Waals surface area contributed by atoms with Crippen LogP contribution in [0.1, 0.15) is 36.7 Å². The number of amides is 1. The molecule has 1 N–H and O–H groups in total. The first-order valence-electron chi connectivity index (χ1n) is 12.0. The maximum Gasteiger partial charge on any atom is 0.234 e. The first-order valence-corrected chi connectivity index (χ1v) is 13.4. The number of carbonyl (C=O) groups excluding carboxylic acids is 1. The van der Waals surface area contributed by atoms with Crippen LogP contribution in [0.2, 0.25) is 5.02 Å². The molecule has 0 spiro atoms. The Kier molecular flexibility index (Phi) is 7.30. The van der Waals surface area contributed by atoms with E-state index in [0.717, 1.165) is 33.5 Å². The number of thioether (sulfide) groups is 1. The molecule has 1 amide bonds. The first kappa shape index (κ1) is 25.0. The van der Waals surface area contributed by atoms with Crippen molar-refractivity contribution in [2.45, 2.75) is 38.4 Å². The van der Waals surface area contributed by atoms with E-state index in [-0.39, 0.29) is 11.7 Å². The van der Waals surface area contributed by atoms with Crippen LogP contribution in [0, 0.1) is 6.92 Å². The van der Waals surface area contributed by atoms with Crippen LogP contribution in [-0.4, -0.2) is 36.0 Å². The fourth-order valence-corrected chi connectivity index (χ4v) is 5.29. The Morgan fingerprint density at radius 1 is 1.03 bits per heavy atom. The maximum atomic E-state index is 13.0. The largest absolute Gasteiger partial charge is 0.325 e. The number of aryl methyl sites for hydroxylation is 1. The van der Waals surface area contributed by atoms with E-state index in [1.807, 2.05) is 76.7 Å². The van der Waals surface area contributed by atoms with Gasteiger partial charge in [-0.05, 0) is 48.2 Å². The summed E-state index contributed by atoms with van der Waals surface area (Å²) in [6.45, 7) is 6.70. The number of nitrogens with zero attached hydrogens (tertiary/aromatic N) is 5. The van der Waals surface area contributed by atoms with E-state index in [2.05, 4.69) is 40.4 Å². The fourth-order valence-electron chi connectivity index (χ4n) is 4.31. The third-order valence-corrected chi connectivity index (χ3v) is 7.41. The van der Waals surface area contributed by atoms with Crippen LogP contribution in [0.5, 0.6) is 0 Å². The lowest BCUT2D eigenvalue weighted by molar-refractivity contribution is -0.113. The predicted molar refractivity (Wildman–Crippen MR) is 150 cm³/mol. The number of benzene rings is 3. The van der Waals surface area contributed by atoms with E-state index in [4.69, 9.17) is 11.6 Å². The molecule has 0 atom stereocenters. The van der Waals surface area contributed by atoms with Crippen molar-refractivity contribution in [1.82, 2.24) is 24.3 Å². The molecule has 2 aromatic heterocycles. The monoisotopic (exact) mass is 530 g/mol. The van der Waals surface area contributed by atoms with Crippen LogP contribution in [0.25, 0.3) is 16.7 Å². The quantitative estimate of drug-likeness (QED) is 0.232. The molecular formula is C28H27ClN6OS. The molecule has 3 aromatic carbocycles. The molecule has 0 radical (unpaired) electrons. The lowest BCUT2D eigenvalue weighted by Crippen LogP contribution is -2.17. The number of imidazole rings is 1. The Morgan fingerprint density at radius 2 is 1.81 bits per heavy atom. The average molecular weight is 531 g/mol. The lowest BCUT2D eigenvalue weighted by atomic mass is 9.98. The molecule has 7 nitrogen and oxygen atoms in total. The van der Waals surface area contributed by atoms with Crippen LogP contribution in [0.4, 0.5) is 5.69 Å². The van der Waals surface area contributed by atoms with Crippen LogP contribution >= 0.6 is 23.4 Å². The minimum Gasteiger partial charge on any atom is -0.325 e. The van der Waals surface area contributed by atoms with Gasteiger partial charge in [-0.3, -0.25) is 9.36 Å². The summed E-state index contributed by atoms with van der Waals surface area (Å²) in [5.74, 6) is 1.08. The molecule has 37 heavy (non-hydrogen) atoms. The topological polar surface area (TPSA) is 77.6 Å². The smallest absolute Gasteiger partial charge is 0.234 e. The number of rotatable bonds is 8. The molecule has 0 aliphatic heterocycles. The highest BCUT2D eigenvalue weighted by Gasteiger charge is 2.19. The number of para-hydroxylation sites is 4. The van der Waals surface area contributed by atoms with E-state index < -0.39 is 0 Å². The second-order valence-electron chi connectivity index (χ2n) is 9.08. The van der Waals surface area contributed by atoms with Gasteiger partial charge < -0.3 is 9.88 Å². The van der Waals surface area contributed by atoms with Gasteiger partial charge in [0.15, 0.2) is 11.0 Å². The molecular weight excluding hydrogens is 504 g/mol. The van der Waals surface area contributed by atoms with Gasteiger partial charge in [0, 0.05) is 5.69 Å². The van der Waals surface area contributed by atoms with Crippen molar-refractivity contribution in [2.75, 3.05) is 11.1 Å². The van der Waals surface area contributed by atoms with E-state index >= 15 is 0 Å². The lowest BCUT2D eigenvalue weighted by Gasteiger charge is -2.16. The second-order valence-corrected chi connectivity index (χ2v) is 10.4. The zero-order valence-corrected chi connectivity index (χ0v) is 22.4. The highest BCUT2D eigenvalue weighted by molar-refractivity contribution is 7.99. The minimum atomic E-state index is -0.0999. The van der Waals surface area contributed by atoms with E-state index in [9.17, 15) is 4.79 Å². The number of aromatic nitrogens is 5. The molecule has 188 valence electrons. The number of halogens is 1. The summed E-state index contributed by atoms with van der Waals surface area (Å²) in [5, 5.41) is 13.2. The summed E-state index contributed by atoms with van der Waals surface area (Å²) < 4.78 is 3.95. The number of carbonyl (C=O) groups is 1.